The molecule has 0 aromatic carbocycles. The van der Waals surface area contributed by atoms with Crippen molar-refractivity contribution in [1.82, 2.24) is 14.3 Å². The molecule has 0 radical (unpaired) electrons. The molecule has 6 nitrogen and oxygen atoms in total. The Balaban J connectivity index is 1.41. The van der Waals surface area contributed by atoms with Gasteiger partial charge in [0.05, 0.1) is 6.26 Å². The van der Waals surface area contributed by atoms with Crippen LogP contribution in [-0.2, 0) is 10.0 Å². The van der Waals surface area contributed by atoms with Crippen LogP contribution in [0.3, 0.4) is 0 Å². The number of nitrogens with zero attached hydrogens (tertiary/aromatic N) is 3. The second-order valence-electron chi connectivity index (χ2n) is 7.24. The van der Waals surface area contributed by atoms with E-state index in [1.165, 1.54) is 37.6 Å². The van der Waals surface area contributed by atoms with E-state index in [0.717, 1.165) is 24.6 Å². The number of nitrogens with one attached hydrogen (secondary N) is 1. The first kappa shape index (κ1) is 15.3. The van der Waals surface area contributed by atoms with Crippen LogP contribution >= 0.6 is 0 Å². The van der Waals surface area contributed by atoms with E-state index in [0.29, 0.717) is 30.8 Å². The zero-order valence-electron chi connectivity index (χ0n) is 13.5. The maximum atomic E-state index is 11.6. The van der Waals surface area contributed by atoms with Crippen LogP contribution in [-0.4, -0.2) is 48.6 Å². The van der Waals surface area contributed by atoms with Gasteiger partial charge in [-0.05, 0) is 38.0 Å². The maximum Gasteiger partial charge on any atom is 0.211 e. The molecule has 126 valence electrons. The summed E-state index contributed by atoms with van der Waals surface area (Å²) in [6, 6.07) is 2.09. The Morgan fingerprint density at radius 1 is 1.17 bits per heavy atom. The number of anilines is 1. The Labute approximate surface area is 137 Å². The molecule has 1 atom stereocenters. The molecule has 0 spiro atoms. The monoisotopic (exact) mass is 336 g/mol. The van der Waals surface area contributed by atoms with Gasteiger partial charge in [-0.15, -0.1) is 0 Å². The fraction of sp³-hybridized carbons (Fsp3) is 0.750. The predicted molar refractivity (Wildman–Crippen MR) is 89.0 cm³/mol. The van der Waals surface area contributed by atoms with E-state index in [9.17, 15) is 8.42 Å². The van der Waals surface area contributed by atoms with Gasteiger partial charge in [-0.2, -0.15) is 0 Å². The van der Waals surface area contributed by atoms with Crippen molar-refractivity contribution in [2.75, 3.05) is 31.2 Å². The van der Waals surface area contributed by atoms with Crippen LogP contribution in [0.4, 0.5) is 5.82 Å². The van der Waals surface area contributed by atoms with Crippen LogP contribution < -0.4 is 5.32 Å². The van der Waals surface area contributed by atoms with Crippen LogP contribution in [0.2, 0.25) is 0 Å². The van der Waals surface area contributed by atoms with E-state index >= 15 is 0 Å². The zero-order valence-corrected chi connectivity index (χ0v) is 14.3. The summed E-state index contributed by atoms with van der Waals surface area (Å²) in [6.07, 6.45) is 7.10. The second-order valence-corrected chi connectivity index (χ2v) is 9.22. The molecule has 1 aromatic heterocycles. The molecule has 1 unspecified atom stereocenters. The van der Waals surface area contributed by atoms with Gasteiger partial charge in [0.2, 0.25) is 10.0 Å². The summed E-state index contributed by atoms with van der Waals surface area (Å²) in [5, 5.41) is 3.43. The van der Waals surface area contributed by atoms with Crippen molar-refractivity contribution in [1.29, 1.82) is 0 Å². The summed E-state index contributed by atoms with van der Waals surface area (Å²) in [7, 11) is -3.06. The minimum Gasteiger partial charge on any atom is -0.370 e. The van der Waals surface area contributed by atoms with Crippen molar-refractivity contribution in [2.24, 2.45) is 5.92 Å². The third-order valence-corrected chi connectivity index (χ3v) is 6.26. The Bertz CT molecular complexity index is 668. The molecule has 1 aliphatic heterocycles. The normalized spacial score (nSPS) is 25.7. The van der Waals surface area contributed by atoms with Crippen LogP contribution in [0.25, 0.3) is 0 Å². The average molecular weight is 336 g/mol. The SMILES string of the molecule is CS(=O)(=O)N1CCC(CNc2cc(C3CC3)nc(C3CC3)n2)C1. The molecule has 0 bridgehead atoms. The Hall–Kier alpha value is -1.21. The van der Waals surface area contributed by atoms with Crippen LogP contribution in [0, 0.1) is 5.92 Å². The van der Waals surface area contributed by atoms with E-state index < -0.39 is 10.0 Å². The van der Waals surface area contributed by atoms with Crippen molar-refractivity contribution in [2.45, 2.75) is 43.9 Å². The summed E-state index contributed by atoms with van der Waals surface area (Å²) in [5.74, 6) is 3.46. The van der Waals surface area contributed by atoms with Gasteiger partial charge >= 0.3 is 0 Å². The van der Waals surface area contributed by atoms with Crippen molar-refractivity contribution in [3.63, 3.8) is 0 Å². The number of aromatic nitrogens is 2. The molecule has 7 heteroatoms. The lowest BCUT2D eigenvalue weighted by Gasteiger charge is -2.15. The first-order valence-corrected chi connectivity index (χ1v) is 10.4. The standard InChI is InChI=1S/C16H24N4O2S/c1-23(21,22)20-7-6-11(10-20)9-17-15-8-14(12-2-3-12)18-16(19-15)13-4-5-13/h8,11-13H,2-7,9-10H2,1H3,(H,17,18,19). The van der Waals surface area contributed by atoms with Gasteiger partial charge in [-0.25, -0.2) is 22.7 Å². The lowest BCUT2D eigenvalue weighted by molar-refractivity contribution is 0.466. The van der Waals surface area contributed by atoms with Gasteiger partial charge in [0.15, 0.2) is 0 Å². The van der Waals surface area contributed by atoms with E-state index in [1.807, 2.05) is 0 Å². The molecule has 23 heavy (non-hydrogen) atoms. The fourth-order valence-corrected chi connectivity index (χ4v) is 4.12. The molecule has 1 aromatic rings. The first-order chi connectivity index (χ1) is 11.0. The van der Waals surface area contributed by atoms with Crippen LogP contribution in [0.5, 0.6) is 0 Å². The Morgan fingerprint density at radius 2 is 1.91 bits per heavy atom. The molecule has 3 aliphatic rings. The third-order valence-electron chi connectivity index (χ3n) is 4.99. The molecule has 2 heterocycles. The van der Waals surface area contributed by atoms with E-state index in [4.69, 9.17) is 4.98 Å². The molecule has 1 N–H and O–H groups in total. The quantitative estimate of drug-likeness (QED) is 0.859. The van der Waals surface area contributed by atoms with E-state index in [1.54, 1.807) is 4.31 Å². The largest absolute Gasteiger partial charge is 0.370 e. The molecule has 3 fully saturated rings. The lowest BCUT2D eigenvalue weighted by atomic mass is 10.1. The highest BCUT2D eigenvalue weighted by atomic mass is 32.2. The average Bonchev–Trinajstić information content (AvgIpc) is 3.41. The summed E-state index contributed by atoms with van der Waals surface area (Å²) in [6.45, 7) is 2.02. The number of sulfonamides is 1. The predicted octanol–water partition coefficient (Wildman–Crippen LogP) is 1.92. The van der Waals surface area contributed by atoms with Crippen molar-refractivity contribution >= 4 is 15.8 Å². The second kappa shape index (κ2) is 5.70. The Morgan fingerprint density at radius 3 is 2.52 bits per heavy atom. The number of rotatable bonds is 6. The highest BCUT2D eigenvalue weighted by molar-refractivity contribution is 7.88. The van der Waals surface area contributed by atoms with Crippen LogP contribution in [0.15, 0.2) is 6.07 Å². The van der Waals surface area contributed by atoms with Gasteiger partial charge in [-0.3, -0.25) is 0 Å². The summed E-state index contributed by atoms with van der Waals surface area (Å²) < 4.78 is 24.8. The molecule has 4 rings (SSSR count). The minimum atomic E-state index is -3.06. The molecule has 2 aliphatic carbocycles. The zero-order chi connectivity index (χ0) is 16.0. The summed E-state index contributed by atoms with van der Waals surface area (Å²) in [5.41, 5.74) is 1.19. The Kier molecular flexibility index (Phi) is 3.80. The smallest absolute Gasteiger partial charge is 0.211 e. The molecule has 1 saturated heterocycles. The first-order valence-electron chi connectivity index (χ1n) is 8.57. The van der Waals surface area contributed by atoms with Gasteiger partial charge in [0.25, 0.3) is 0 Å². The molecular weight excluding hydrogens is 312 g/mol. The fourth-order valence-electron chi connectivity index (χ4n) is 3.20. The molecular formula is C16H24N4O2S. The van der Waals surface area contributed by atoms with Crippen LogP contribution in [0.1, 0.15) is 55.5 Å². The highest BCUT2D eigenvalue weighted by Gasteiger charge is 2.32. The summed E-state index contributed by atoms with van der Waals surface area (Å²) >= 11 is 0. The van der Waals surface area contributed by atoms with Crippen molar-refractivity contribution in [3.05, 3.63) is 17.6 Å². The number of hydrogen-bond acceptors (Lipinski definition) is 5. The van der Waals surface area contributed by atoms with Gasteiger partial charge in [0.1, 0.15) is 11.6 Å². The maximum absolute atomic E-state index is 11.6. The lowest BCUT2D eigenvalue weighted by Crippen LogP contribution is -2.28. The van der Waals surface area contributed by atoms with Crippen molar-refractivity contribution < 1.29 is 8.42 Å². The van der Waals surface area contributed by atoms with E-state index in [2.05, 4.69) is 16.4 Å². The summed E-state index contributed by atoms with van der Waals surface area (Å²) in [4.78, 5) is 9.42. The van der Waals surface area contributed by atoms with Gasteiger partial charge in [0, 0.05) is 43.2 Å². The van der Waals surface area contributed by atoms with E-state index in [-0.39, 0.29) is 0 Å². The van der Waals surface area contributed by atoms with Gasteiger partial charge in [-0.1, -0.05) is 0 Å². The number of hydrogen-bond donors (Lipinski definition) is 1. The molecule has 0 amide bonds. The highest BCUT2D eigenvalue weighted by Crippen LogP contribution is 2.43. The van der Waals surface area contributed by atoms with Gasteiger partial charge < -0.3 is 5.32 Å². The topological polar surface area (TPSA) is 75.2 Å². The molecule has 2 saturated carbocycles. The van der Waals surface area contributed by atoms with Crippen molar-refractivity contribution in [3.8, 4) is 0 Å². The third kappa shape index (κ3) is 3.66. The minimum absolute atomic E-state index is 0.355.